The minimum atomic E-state index is -0.819. The molecule has 1 heterocycles. The molecule has 0 aromatic carbocycles. The first-order chi connectivity index (χ1) is 7.63. The highest BCUT2D eigenvalue weighted by atomic mass is 16.5. The maximum Gasteiger partial charge on any atom is 0.328 e. The molecule has 2 N–H and O–H groups in total. The molecule has 1 aliphatic rings. The Balaban J connectivity index is 2.17. The first-order valence-corrected chi connectivity index (χ1v) is 5.35. The first kappa shape index (κ1) is 12.9. The molecule has 0 aromatic heterocycles. The first-order valence-electron chi connectivity index (χ1n) is 5.35. The van der Waals surface area contributed by atoms with Gasteiger partial charge in [-0.15, -0.1) is 0 Å². The van der Waals surface area contributed by atoms with Crippen LogP contribution in [0, 0.1) is 0 Å². The number of esters is 1. The van der Waals surface area contributed by atoms with Gasteiger partial charge in [0.25, 0.3) is 0 Å². The normalized spacial score (nSPS) is 21.6. The summed E-state index contributed by atoms with van der Waals surface area (Å²) in [5.74, 6) is -0.641. The van der Waals surface area contributed by atoms with E-state index in [0.29, 0.717) is 19.4 Å². The quantitative estimate of drug-likeness (QED) is 0.585. The molecule has 16 heavy (non-hydrogen) atoms. The Morgan fingerprint density at radius 1 is 1.62 bits per heavy atom. The van der Waals surface area contributed by atoms with E-state index in [1.807, 2.05) is 6.92 Å². The van der Waals surface area contributed by atoms with Gasteiger partial charge in [0.15, 0.2) is 0 Å². The molecule has 0 bridgehead atoms. The van der Waals surface area contributed by atoms with Crippen LogP contribution in [0.1, 0.15) is 19.8 Å². The number of nitrogens with one attached hydrogen (secondary N) is 1. The van der Waals surface area contributed by atoms with Gasteiger partial charge in [-0.3, -0.25) is 4.79 Å². The molecule has 1 aliphatic heterocycles. The Labute approximate surface area is 93.9 Å². The van der Waals surface area contributed by atoms with Crippen LogP contribution in [0.2, 0.25) is 0 Å². The van der Waals surface area contributed by atoms with Crippen LogP contribution in [0.5, 0.6) is 0 Å². The van der Waals surface area contributed by atoms with Gasteiger partial charge < -0.3 is 19.9 Å². The fourth-order valence-corrected chi connectivity index (χ4v) is 1.37. The average molecular weight is 231 g/mol. The van der Waals surface area contributed by atoms with Gasteiger partial charge in [0.2, 0.25) is 5.91 Å². The van der Waals surface area contributed by atoms with Gasteiger partial charge in [0.05, 0.1) is 6.61 Å². The van der Waals surface area contributed by atoms with E-state index in [-0.39, 0.29) is 19.1 Å². The summed E-state index contributed by atoms with van der Waals surface area (Å²) in [4.78, 5) is 22.2. The summed E-state index contributed by atoms with van der Waals surface area (Å²) in [6.45, 7) is 2.35. The van der Waals surface area contributed by atoms with Gasteiger partial charge in [-0.1, -0.05) is 0 Å². The van der Waals surface area contributed by atoms with E-state index in [1.54, 1.807) is 0 Å². The van der Waals surface area contributed by atoms with Crippen molar-refractivity contribution < 1.29 is 24.2 Å². The summed E-state index contributed by atoms with van der Waals surface area (Å²) < 4.78 is 9.81. The SMILES string of the molecule is CCOCC(O)COC(=O)[C@@H]1CCC(=O)N1. The van der Waals surface area contributed by atoms with Crippen molar-refractivity contribution in [1.29, 1.82) is 0 Å². The van der Waals surface area contributed by atoms with Gasteiger partial charge >= 0.3 is 5.97 Å². The number of rotatable bonds is 6. The second-order valence-electron chi connectivity index (χ2n) is 3.60. The summed E-state index contributed by atoms with van der Waals surface area (Å²) in [6, 6.07) is -0.563. The van der Waals surface area contributed by atoms with Crippen LogP contribution in [0.15, 0.2) is 0 Å². The molecular weight excluding hydrogens is 214 g/mol. The molecular formula is C10H17NO5. The second kappa shape index (κ2) is 6.44. The molecule has 0 saturated carbocycles. The third-order valence-corrected chi connectivity index (χ3v) is 2.21. The molecule has 1 unspecified atom stereocenters. The fourth-order valence-electron chi connectivity index (χ4n) is 1.37. The van der Waals surface area contributed by atoms with Crippen LogP contribution >= 0.6 is 0 Å². The van der Waals surface area contributed by atoms with Crippen molar-refractivity contribution in [1.82, 2.24) is 5.32 Å². The molecule has 6 nitrogen and oxygen atoms in total. The number of amides is 1. The topological polar surface area (TPSA) is 84.9 Å². The Bertz CT molecular complexity index is 256. The van der Waals surface area contributed by atoms with E-state index >= 15 is 0 Å². The van der Waals surface area contributed by atoms with Crippen molar-refractivity contribution >= 4 is 11.9 Å². The number of aliphatic hydroxyl groups excluding tert-OH is 1. The highest BCUT2D eigenvalue weighted by Crippen LogP contribution is 2.08. The zero-order valence-corrected chi connectivity index (χ0v) is 9.27. The Kier molecular flexibility index (Phi) is 5.21. The lowest BCUT2D eigenvalue weighted by atomic mass is 10.2. The van der Waals surface area contributed by atoms with Crippen LogP contribution in [-0.4, -0.2) is 48.9 Å². The third-order valence-electron chi connectivity index (χ3n) is 2.21. The second-order valence-corrected chi connectivity index (χ2v) is 3.60. The predicted octanol–water partition coefficient (Wildman–Crippen LogP) is -0.794. The molecule has 0 aromatic rings. The standard InChI is InChI=1S/C10H17NO5/c1-2-15-5-7(12)6-16-10(14)8-3-4-9(13)11-8/h7-8,12H,2-6H2,1H3,(H,11,13)/t7?,8-/m0/s1. The fraction of sp³-hybridized carbons (Fsp3) is 0.800. The summed E-state index contributed by atoms with van der Waals surface area (Å²) in [7, 11) is 0. The molecule has 92 valence electrons. The van der Waals surface area contributed by atoms with Gasteiger partial charge in [0, 0.05) is 13.0 Å². The molecule has 1 amide bonds. The van der Waals surface area contributed by atoms with E-state index in [0.717, 1.165) is 0 Å². The van der Waals surface area contributed by atoms with Crippen LogP contribution < -0.4 is 5.32 Å². The van der Waals surface area contributed by atoms with Crippen molar-refractivity contribution in [2.45, 2.75) is 31.9 Å². The van der Waals surface area contributed by atoms with E-state index in [9.17, 15) is 14.7 Å². The van der Waals surface area contributed by atoms with Crippen molar-refractivity contribution in [3.8, 4) is 0 Å². The molecule has 0 radical (unpaired) electrons. The summed E-state index contributed by atoms with van der Waals surface area (Å²) in [6.07, 6.45) is -0.0125. The number of aliphatic hydroxyl groups is 1. The number of hydrogen-bond acceptors (Lipinski definition) is 5. The largest absolute Gasteiger partial charge is 0.461 e. The maximum atomic E-state index is 11.4. The lowest BCUT2D eigenvalue weighted by molar-refractivity contribution is -0.150. The Hall–Kier alpha value is -1.14. The monoisotopic (exact) mass is 231 g/mol. The van der Waals surface area contributed by atoms with Crippen molar-refractivity contribution in [2.75, 3.05) is 19.8 Å². The zero-order chi connectivity index (χ0) is 12.0. The van der Waals surface area contributed by atoms with Crippen molar-refractivity contribution in [3.63, 3.8) is 0 Å². The third kappa shape index (κ3) is 4.16. The molecule has 2 atom stereocenters. The van der Waals surface area contributed by atoms with Gasteiger partial charge in [-0.05, 0) is 13.3 Å². The molecule has 6 heteroatoms. The smallest absolute Gasteiger partial charge is 0.328 e. The van der Waals surface area contributed by atoms with Crippen molar-refractivity contribution in [3.05, 3.63) is 0 Å². The minimum Gasteiger partial charge on any atom is -0.461 e. The molecule has 1 rings (SSSR count). The lowest BCUT2D eigenvalue weighted by Gasteiger charge is -2.13. The highest BCUT2D eigenvalue weighted by Gasteiger charge is 2.28. The van der Waals surface area contributed by atoms with Gasteiger partial charge in [-0.2, -0.15) is 0 Å². The maximum absolute atomic E-state index is 11.4. The number of carbonyl (C=O) groups is 2. The highest BCUT2D eigenvalue weighted by molar-refractivity contribution is 5.88. The van der Waals surface area contributed by atoms with Crippen molar-refractivity contribution in [2.24, 2.45) is 0 Å². The Morgan fingerprint density at radius 3 is 2.94 bits per heavy atom. The van der Waals surface area contributed by atoms with E-state index in [1.165, 1.54) is 0 Å². The lowest BCUT2D eigenvalue weighted by Crippen LogP contribution is -2.36. The number of ether oxygens (including phenoxy) is 2. The Morgan fingerprint density at radius 2 is 2.38 bits per heavy atom. The van der Waals surface area contributed by atoms with E-state index in [4.69, 9.17) is 9.47 Å². The summed E-state index contributed by atoms with van der Waals surface area (Å²) >= 11 is 0. The number of carbonyl (C=O) groups excluding carboxylic acids is 2. The van der Waals surface area contributed by atoms with Crippen LogP contribution in [0.25, 0.3) is 0 Å². The van der Waals surface area contributed by atoms with Crippen LogP contribution in [-0.2, 0) is 19.1 Å². The molecule has 1 saturated heterocycles. The van der Waals surface area contributed by atoms with Crippen LogP contribution in [0.3, 0.4) is 0 Å². The van der Waals surface area contributed by atoms with E-state index in [2.05, 4.69) is 5.32 Å². The summed E-state index contributed by atoms with van der Waals surface area (Å²) in [5, 5.41) is 11.8. The number of hydrogen-bond donors (Lipinski definition) is 2. The van der Waals surface area contributed by atoms with E-state index < -0.39 is 18.1 Å². The molecule has 0 aliphatic carbocycles. The van der Waals surface area contributed by atoms with Crippen LogP contribution in [0.4, 0.5) is 0 Å². The summed E-state index contributed by atoms with van der Waals surface area (Å²) in [5.41, 5.74) is 0. The molecule has 0 spiro atoms. The zero-order valence-electron chi connectivity index (χ0n) is 9.27. The molecule has 1 fully saturated rings. The van der Waals surface area contributed by atoms with Gasteiger partial charge in [-0.25, -0.2) is 4.79 Å². The van der Waals surface area contributed by atoms with Gasteiger partial charge in [0.1, 0.15) is 18.8 Å². The predicted molar refractivity (Wildman–Crippen MR) is 54.6 cm³/mol. The minimum absolute atomic E-state index is 0.106. The average Bonchev–Trinajstić information content (AvgIpc) is 2.69.